The Bertz CT molecular complexity index is 565. The Morgan fingerprint density at radius 3 is 2.35 bits per heavy atom. The average Bonchev–Trinajstić information content (AvgIpc) is 2.74. The van der Waals surface area contributed by atoms with Crippen molar-refractivity contribution in [3.05, 3.63) is 41.2 Å². The maximum Gasteiger partial charge on any atom is 0.416 e. The molecule has 0 spiro atoms. The summed E-state index contributed by atoms with van der Waals surface area (Å²) in [5.74, 6) is 0.395. The van der Waals surface area contributed by atoms with Gasteiger partial charge in [-0.25, -0.2) is 0 Å². The molecule has 5 nitrogen and oxygen atoms in total. The Kier molecular flexibility index (Phi) is 4.03. The van der Waals surface area contributed by atoms with E-state index in [9.17, 15) is 18.3 Å². The highest BCUT2D eigenvalue weighted by Crippen LogP contribution is 2.29. The molecule has 2 aromatic rings. The van der Waals surface area contributed by atoms with Crippen molar-refractivity contribution in [1.29, 1.82) is 0 Å². The van der Waals surface area contributed by atoms with Crippen molar-refractivity contribution in [2.24, 2.45) is 7.05 Å². The third kappa shape index (κ3) is 3.77. The third-order valence-corrected chi connectivity index (χ3v) is 2.72. The molecule has 0 saturated carbocycles. The molecule has 0 bridgehead atoms. The van der Waals surface area contributed by atoms with Crippen LogP contribution < -0.4 is 0 Å². The van der Waals surface area contributed by atoms with Crippen molar-refractivity contribution >= 4 is 0 Å². The first-order chi connectivity index (χ1) is 9.34. The number of rotatable bonds is 4. The van der Waals surface area contributed by atoms with Gasteiger partial charge in [-0.1, -0.05) is 12.1 Å². The highest BCUT2D eigenvalue weighted by atomic mass is 19.4. The Balaban J connectivity index is 1.96. The first-order valence-electron chi connectivity index (χ1n) is 5.91. The summed E-state index contributed by atoms with van der Waals surface area (Å²) in [6.45, 7) is 0. The smallest absolute Gasteiger partial charge is 0.392 e. The van der Waals surface area contributed by atoms with E-state index in [1.165, 1.54) is 16.9 Å². The van der Waals surface area contributed by atoms with Crippen molar-refractivity contribution in [3.63, 3.8) is 0 Å². The lowest BCUT2D eigenvalue weighted by Crippen LogP contribution is -2.15. The molecule has 2 rings (SSSR count). The second-order valence-corrected chi connectivity index (χ2v) is 4.45. The van der Waals surface area contributed by atoms with Gasteiger partial charge in [-0.15, -0.1) is 10.2 Å². The molecule has 0 aliphatic heterocycles. The second-order valence-electron chi connectivity index (χ2n) is 4.45. The third-order valence-electron chi connectivity index (χ3n) is 2.72. The summed E-state index contributed by atoms with van der Waals surface area (Å²) in [4.78, 5) is 1.28. The van der Waals surface area contributed by atoms with Crippen LogP contribution in [0.4, 0.5) is 13.2 Å². The van der Waals surface area contributed by atoms with Gasteiger partial charge in [0.25, 0.3) is 0 Å². The molecule has 8 heteroatoms. The lowest BCUT2D eigenvalue weighted by atomic mass is 10.0. The predicted molar refractivity (Wildman–Crippen MR) is 63.7 cm³/mol. The Morgan fingerprint density at radius 1 is 1.20 bits per heavy atom. The minimum atomic E-state index is -4.35. The van der Waals surface area contributed by atoms with Gasteiger partial charge in [0.1, 0.15) is 0 Å². The number of hydrogen-bond donors (Lipinski definition) is 1. The summed E-state index contributed by atoms with van der Waals surface area (Å²) in [5, 5.41) is 21.2. The molecule has 1 atom stereocenters. The molecular formula is C12H13F3N4O. The highest BCUT2D eigenvalue weighted by Gasteiger charge is 2.29. The van der Waals surface area contributed by atoms with Crippen molar-refractivity contribution < 1.29 is 18.3 Å². The molecule has 1 aromatic heterocycles. The van der Waals surface area contributed by atoms with E-state index in [-0.39, 0.29) is 12.8 Å². The number of halogens is 3. The molecule has 1 unspecified atom stereocenters. The average molecular weight is 286 g/mol. The molecule has 0 aliphatic rings. The SMILES string of the molecule is Cn1nnc(CC(O)Cc2ccc(C(F)(F)F)cc2)n1. The molecule has 0 fully saturated rings. The van der Waals surface area contributed by atoms with Gasteiger partial charge in [0.2, 0.25) is 0 Å². The number of aliphatic hydroxyl groups excluding tert-OH is 1. The molecular weight excluding hydrogens is 273 g/mol. The standard InChI is InChI=1S/C12H13F3N4O/c1-19-17-11(16-18-19)7-10(20)6-8-2-4-9(5-3-8)12(13,14)15/h2-5,10,20H,6-7H2,1H3. The van der Waals surface area contributed by atoms with E-state index in [1.807, 2.05) is 0 Å². The van der Waals surface area contributed by atoms with Crippen molar-refractivity contribution in [2.75, 3.05) is 0 Å². The highest BCUT2D eigenvalue weighted by molar-refractivity contribution is 5.25. The lowest BCUT2D eigenvalue weighted by Gasteiger charge is -2.10. The first kappa shape index (κ1) is 14.4. The number of aromatic nitrogens is 4. The zero-order valence-electron chi connectivity index (χ0n) is 10.7. The van der Waals surface area contributed by atoms with Crippen LogP contribution in [0.1, 0.15) is 17.0 Å². The summed E-state index contributed by atoms with van der Waals surface area (Å²) in [6, 6.07) is 4.72. The number of tetrazole rings is 1. The van der Waals surface area contributed by atoms with Crippen LogP contribution in [0.3, 0.4) is 0 Å². The van der Waals surface area contributed by atoms with Crippen LogP contribution in [-0.2, 0) is 26.1 Å². The molecule has 108 valence electrons. The molecule has 0 radical (unpaired) electrons. The fraction of sp³-hybridized carbons (Fsp3) is 0.417. The van der Waals surface area contributed by atoms with Gasteiger partial charge in [-0.05, 0) is 29.3 Å². The number of nitrogens with zero attached hydrogens (tertiary/aromatic N) is 4. The quantitative estimate of drug-likeness (QED) is 0.922. The van der Waals surface area contributed by atoms with Crippen LogP contribution >= 0.6 is 0 Å². The van der Waals surface area contributed by atoms with Crippen LogP contribution in [0.2, 0.25) is 0 Å². The molecule has 0 saturated heterocycles. The van der Waals surface area contributed by atoms with Crippen LogP contribution in [0.15, 0.2) is 24.3 Å². The molecule has 0 amide bonds. The van der Waals surface area contributed by atoms with Gasteiger partial charge < -0.3 is 5.11 Å². The van der Waals surface area contributed by atoms with Crippen molar-refractivity contribution in [2.45, 2.75) is 25.1 Å². The van der Waals surface area contributed by atoms with E-state index in [0.717, 1.165) is 12.1 Å². The van der Waals surface area contributed by atoms with E-state index in [2.05, 4.69) is 15.4 Å². The summed E-state index contributed by atoms with van der Waals surface area (Å²) < 4.78 is 37.2. The van der Waals surface area contributed by atoms with E-state index in [4.69, 9.17) is 0 Å². The lowest BCUT2D eigenvalue weighted by molar-refractivity contribution is -0.137. The Hall–Kier alpha value is -1.96. The van der Waals surface area contributed by atoms with Gasteiger partial charge in [0, 0.05) is 6.42 Å². The van der Waals surface area contributed by atoms with Crippen LogP contribution in [-0.4, -0.2) is 31.4 Å². The first-order valence-corrected chi connectivity index (χ1v) is 5.91. The largest absolute Gasteiger partial charge is 0.416 e. The van der Waals surface area contributed by atoms with Crippen LogP contribution in [0.25, 0.3) is 0 Å². The maximum absolute atomic E-state index is 12.4. The number of hydrogen-bond acceptors (Lipinski definition) is 4. The number of aliphatic hydroxyl groups is 1. The second kappa shape index (κ2) is 5.58. The molecule has 20 heavy (non-hydrogen) atoms. The van der Waals surface area contributed by atoms with E-state index in [0.29, 0.717) is 11.4 Å². The van der Waals surface area contributed by atoms with Gasteiger partial charge >= 0.3 is 6.18 Å². The fourth-order valence-electron chi connectivity index (χ4n) is 1.79. The van der Waals surface area contributed by atoms with Crippen molar-refractivity contribution in [1.82, 2.24) is 20.2 Å². The molecule has 1 N–H and O–H groups in total. The minimum Gasteiger partial charge on any atom is -0.392 e. The summed E-state index contributed by atoms with van der Waals surface area (Å²) in [6.07, 6.45) is -4.68. The Morgan fingerprint density at radius 2 is 1.85 bits per heavy atom. The zero-order valence-corrected chi connectivity index (χ0v) is 10.7. The number of aryl methyl sites for hydroxylation is 1. The molecule has 0 aliphatic carbocycles. The number of benzene rings is 1. The van der Waals surface area contributed by atoms with Gasteiger partial charge in [-0.3, -0.25) is 0 Å². The Labute approximate surface area is 113 Å². The van der Waals surface area contributed by atoms with Crippen molar-refractivity contribution in [3.8, 4) is 0 Å². The van der Waals surface area contributed by atoms with Gasteiger partial charge in [0.05, 0.1) is 18.7 Å². The zero-order chi connectivity index (χ0) is 14.8. The van der Waals surface area contributed by atoms with E-state index in [1.54, 1.807) is 7.05 Å². The van der Waals surface area contributed by atoms with Crippen LogP contribution in [0, 0.1) is 0 Å². The molecule has 1 aromatic carbocycles. The topological polar surface area (TPSA) is 63.8 Å². The fourth-order valence-corrected chi connectivity index (χ4v) is 1.79. The summed E-state index contributed by atoms with van der Waals surface area (Å²) in [7, 11) is 1.61. The maximum atomic E-state index is 12.4. The van der Waals surface area contributed by atoms with Gasteiger partial charge in [0.15, 0.2) is 5.82 Å². The minimum absolute atomic E-state index is 0.203. The van der Waals surface area contributed by atoms with E-state index >= 15 is 0 Å². The summed E-state index contributed by atoms with van der Waals surface area (Å²) >= 11 is 0. The van der Waals surface area contributed by atoms with Gasteiger partial charge in [-0.2, -0.15) is 18.0 Å². The van der Waals surface area contributed by atoms with Crippen LogP contribution in [0.5, 0.6) is 0 Å². The molecule has 1 heterocycles. The monoisotopic (exact) mass is 286 g/mol. The number of alkyl halides is 3. The van der Waals surface area contributed by atoms with E-state index < -0.39 is 17.8 Å². The predicted octanol–water partition coefficient (Wildman–Crippen LogP) is 1.38. The normalized spacial score (nSPS) is 13.4. The summed E-state index contributed by atoms with van der Waals surface area (Å²) in [5.41, 5.74) is -0.0827.